The molecule has 3 heteroatoms. The Bertz CT molecular complexity index is 335. The molecule has 0 radical (unpaired) electrons. The molecular weight excluding hydrogens is 234 g/mol. The molecule has 0 aromatic carbocycles. The van der Waals surface area contributed by atoms with Crippen molar-refractivity contribution in [1.29, 1.82) is 0 Å². The van der Waals surface area contributed by atoms with E-state index >= 15 is 0 Å². The van der Waals surface area contributed by atoms with Crippen molar-refractivity contribution < 1.29 is 0 Å². The van der Waals surface area contributed by atoms with Crippen LogP contribution in [-0.4, -0.2) is 42.1 Å². The second-order valence-corrected chi connectivity index (χ2v) is 5.96. The van der Waals surface area contributed by atoms with Crippen LogP contribution in [0.5, 0.6) is 0 Å². The summed E-state index contributed by atoms with van der Waals surface area (Å²) in [5.74, 6) is 0.661. The van der Waals surface area contributed by atoms with E-state index in [0.29, 0.717) is 18.0 Å². The van der Waals surface area contributed by atoms with Gasteiger partial charge in [0.25, 0.3) is 0 Å². The average molecular weight is 263 g/mol. The third-order valence-electron chi connectivity index (χ3n) is 3.57. The lowest BCUT2D eigenvalue weighted by molar-refractivity contribution is 0.186. The standard InChI is InChI=1S/C16H29N3/c1-13(2)16(12-18-14(3)4)19(5)11-8-15-6-9-17-10-7-15/h6-7,9-10,13-14,16,18H,8,11-12H2,1-5H3. The second kappa shape index (κ2) is 8.28. The van der Waals surface area contributed by atoms with Gasteiger partial charge in [-0.05, 0) is 37.1 Å². The van der Waals surface area contributed by atoms with E-state index in [1.807, 2.05) is 12.4 Å². The summed E-state index contributed by atoms with van der Waals surface area (Å²) in [7, 11) is 2.23. The summed E-state index contributed by atoms with van der Waals surface area (Å²) in [5, 5.41) is 3.55. The topological polar surface area (TPSA) is 28.2 Å². The van der Waals surface area contributed by atoms with Crippen molar-refractivity contribution in [3.05, 3.63) is 30.1 Å². The van der Waals surface area contributed by atoms with Crippen molar-refractivity contribution in [1.82, 2.24) is 15.2 Å². The molecule has 1 unspecified atom stereocenters. The summed E-state index contributed by atoms with van der Waals surface area (Å²) in [5.41, 5.74) is 1.36. The quantitative estimate of drug-likeness (QED) is 0.781. The van der Waals surface area contributed by atoms with Gasteiger partial charge in [0.1, 0.15) is 0 Å². The second-order valence-electron chi connectivity index (χ2n) is 5.96. The van der Waals surface area contributed by atoms with Crippen LogP contribution in [0.15, 0.2) is 24.5 Å². The van der Waals surface area contributed by atoms with Gasteiger partial charge in [0.2, 0.25) is 0 Å². The third-order valence-corrected chi connectivity index (χ3v) is 3.57. The molecule has 0 saturated carbocycles. The highest BCUT2D eigenvalue weighted by Crippen LogP contribution is 2.10. The van der Waals surface area contributed by atoms with Gasteiger partial charge in [-0.3, -0.25) is 4.98 Å². The molecule has 1 aromatic rings. The van der Waals surface area contributed by atoms with Gasteiger partial charge in [0, 0.05) is 37.6 Å². The zero-order chi connectivity index (χ0) is 14.3. The Morgan fingerprint density at radius 1 is 1.16 bits per heavy atom. The molecular formula is C16H29N3. The fourth-order valence-electron chi connectivity index (χ4n) is 2.28. The lowest BCUT2D eigenvalue weighted by Gasteiger charge is -2.32. The Labute approximate surface area is 118 Å². The summed E-state index contributed by atoms with van der Waals surface area (Å²) >= 11 is 0. The first kappa shape index (κ1) is 16.1. The molecule has 0 bridgehead atoms. The van der Waals surface area contributed by atoms with E-state index in [-0.39, 0.29) is 0 Å². The summed E-state index contributed by atoms with van der Waals surface area (Å²) < 4.78 is 0. The van der Waals surface area contributed by atoms with Crippen molar-refractivity contribution in [3.63, 3.8) is 0 Å². The maximum Gasteiger partial charge on any atom is 0.0270 e. The van der Waals surface area contributed by atoms with Gasteiger partial charge < -0.3 is 10.2 Å². The molecule has 1 aromatic heterocycles. The maximum atomic E-state index is 4.06. The van der Waals surface area contributed by atoms with Gasteiger partial charge in [-0.1, -0.05) is 27.7 Å². The highest BCUT2D eigenvalue weighted by Gasteiger charge is 2.18. The van der Waals surface area contributed by atoms with E-state index in [1.165, 1.54) is 5.56 Å². The normalized spacial score (nSPS) is 13.5. The molecule has 1 atom stereocenters. The van der Waals surface area contributed by atoms with E-state index in [1.54, 1.807) is 0 Å². The molecule has 0 aliphatic carbocycles. The predicted octanol–water partition coefficient (Wildman–Crippen LogP) is 2.58. The Morgan fingerprint density at radius 2 is 1.79 bits per heavy atom. The van der Waals surface area contributed by atoms with E-state index < -0.39 is 0 Å². The fourth-order valence-corrected chi connectivity index (χ4v) is 2.28. The molecule has 0 aliphatic rings. The molecule has 1 rings (SSSR count). The zero-order valence-corrected chi connectivity index (χ0v) is 13.1. The minimum Gasteiger partial charge on any atom is -0.313 e. The van der Waals surface area contributed by atoms with Gasteiger partial charge >= 0.3 is 0 Å². The van der Waals surface area contributed by atoms with E-state index in [4.69, 9.17) is 0 Å². The first-order valence-corrected chi connectivity index (χ1v) is 7.33. The molecule has 0 aliphatic heterocycles. The van der Waals surface area contributed by atoms with Crippen molar-refractivity contribution in [2.24, 2.45) is 5.92 Å². The number of pyridine rings is 1. The predicted molar refractivity (Wildman–Crippen MR) is 82.3 cm³/mol. The maximum absolute atomic E-state index is 4.06. The number of hydrogen-bond acceptors (Lipinski definition) is 3. The number of nitrogens with one attached hydrogen (secondary N) is 1. The highest BCUT2D eigenvalue weighted by atomic mass is 15.2. The molecule has 0 fully saturated rings. The summed E-state index contributed by atoms with van der Waals surface area (Å²) in [4.78, 5) is 6.53. The van der Waals surface area contributed by atoms with Crippen LogP contribution in [0.3, 0.4) is 0 Å². The number of rotatable bonds is 8. The Morgan fingerprint density at radius 3 is 2.32 bits per heavy atom. The van der Waals surface area contributed by atoms with Crippen molar-refractivity contribution in [2.75, 3.05) is 20.1 Å². The molecule has 1 heterocycles. The van der Waals surface area contributed by atoms with Crippen molar-refractivity contribution >= 4 is 0 Å². The summed E-state index contributed by atoms with van der Waals surface area (Å²) in [6.07, 6.45) is 4.83. The van der Waals surface area contributed by atoms with Crippen LogP contribution < -0.4 is 5.32 Å². The van der Waals surface area contributed by atoms with Crippen LogP contribution in [0.25, 0.3) is 0 Å². The lowest BCUT2D eigenvalue weighted by atomic mass is 10.0. The van der Waals surface area contributed by atoms with E-state index in [0.717, 1.165) is 19.5 Å². The van der Waals surface area contributed by atoms with Crippen LogP contribution in [0.4, 0.5) is 0 Å². The number of aromatic nitrogens is 1. The average Bonchev–Trinajstić information content (AvgIpc) is 2.37. The molecule has 0 amide bonds. The van der Waals surface area contributed by atoms with E-state index in [9.17, 15) is 0 Å². The van der Waals surface area contributed by atoms with Crippen LogP contribution in [0.1, 0.15) is 33.3 Å². The molecule has 0 saturated heterocycles. The molecule has 1 N–H and O–H groups in total. The van der Waals surface area contributed by atoms with Gasteiger partial charge in [-0.15, -0.1) is 0 Å². The van der Waals surface area contributed by atoms with Crippen LogP contribution in [-0.2, 0) is 6.42 Å². The minimum atomic E-state index is 0.551. The van der Waals surface area contributed by atoms with Crippen LogP contribution in [0.2, 0.25) is 0 Å². The minimum absolute atomic E-state index is 0.551. The summed E-state index contributed by atoms with van der Waals surface area (Å²) in [6, 6.07) is 5.34. The zero-order valence-electron chi connectivity index (χ0n) is 13.1. The Hall–Kier alpha value is -0.930. The van der Waals surface area contributed by atoms with E-state index in [2.05, 4.69) is 62.1 Å². The monoisotopic (exact) mass is 263 g/mol. The molecule has 0 spiro atoms. The summed E-state index contributed by atoms with van der Waals surface area (Å²) in [6.45, 7) is 11.2. The van der Waals surface area contributed by atoms with Crippen LogP contribution in [0, 0.1) is 5.92 Å². The SMILES string of the molecule is CC(C)NCC(C(C)C)N(C)CCc1ccncc1. The van der Waals surface area contributed by atoms with Crippen molar-refractivity contribution in [3.8, 4) is 0 Å². The molecule has 3 nitrogen and oxygen atoms in total. The fraction of sp³-hybridized carbons (Fsp3) is 0.688. The van der Waals surface area contributed by atoms with Gasteiger partial charge in [0.05, 0.1) is 0 Å². The van der Waals surface area contributed by atoms with Gasteiger partial charge in [0.15, 0.2) is 0 Å². The van der Waals surface area contributed by atoms with Crippen LogP contribution >= 0.6 is 0 Å². The molecule has 108 valence electrons. The number of nitrogens with zero attached hydrogens (tertiary/aromatic N) is 2. The first-order chi connectivity index (χ1) is 9.00. The Balaban J connectivity index is 2.45. The smallest absolute Gasteiger partial charge is 0.0270 e. The Kier molecular flexibility index (Phi) is 7.03. The lowest BCUT2D eigenvalue weighted by Crippen LogP contribution is -2.45. The molecule has 19 heavy (non-hydrogen) atoms. The number of likely N-dealkylation sites (N-methyl/N-ethyl adjacent to an activating group) is 1. The van der Waals surface area contributed by atoms with Crippen molar-refractivity contribution in [2.45, 2.75) is 46.2 Å². The largest absolute Gasteiger partial charge is 0.313 e. The number of hydrogen-bond donors (Lipinski definition) is 1. The van der Waals surface area contributed by atoms with Gasteiger partial charge in [-0.2, -0.15) is 0 Å². The third kappa shape index (κ3) is 6.17. The van der Waals surface area contributed by atoms with Gasteiger partial charge in [-0.25, -0.2) is 0 Å². The first-order valence-electron chi connectivity index (χ1n) is 7.33. The highest BCUT2D eigenvalue weighted by molar-refractivity contribution is 5.09.